The summed E-state index contributed by atoms with van der Waals surface area (Å²) in [6.45, 7) is 0.0668. The van der Waals surface area contributed by atoms with Crippen LogP contribution in [-0.2, 0) is 6.54 Å². The molecule has 0 atom stereocenters. The Kier molecular flexibility index (Phi) is 4.97. The molecule has 0 aliphatic rings. The first-order chi connectivity index (χ1) is 8.99. The van der Waals surface area contributed by atoms with Gasteiger partial charge in [0.1, 0.15) is 11.6 Å². The van der Waals surface area contributed by atoms with Crippen molar-refractivity contribution in [2.24, 2.45) is 0 Å². The van der Waals surface area contributed by atoms with E-state index in [4.69, 9.17) is 0 Å². The van der Waals surface area contributed by atoms with Gasteiger partial charge in [0.25, 0.3) is 0 Å². The molecular weight excluding hydrogens is 448 g/mol. The van der Waals surface area contributed by atoms with Crippen LogP contribution in [0.3, 0.4) is 0 Å². The predicted octanol–water partition coefficient (Wildman–Crippen LogP) is 5.86. The van der Waals surface area contributed by atoms with Crippen molar-refractivity contribution < 1.29 is 8.78 Å². The number of hydrogen-bond acceptors (Lipinski definition) is 1. The molecule has 2 aromatic rings. The van der Waals surface area contributed by atoms with Crippen molar-refractivity contribution in [3.63, 3.8) is 0 Å². The summed E-state index contributed by atoms with van der Waals surface area (Å²) in [5.41, 5.74) is 0.770. The normalized spacial score (nSPS) is 10.6. The van der Waals surface area contributed by atoms with E-state index in [1.54, 1.807) is 0 Å². The standard InChI is InChI=1S/C13H8Br3F2N/c14-7-1-4-12(10(16)5-7)19-6-8-11(17)3-2-9(15)13(8)18/h1-5,19H,6H2. The molecule has 6 heteroatoms. The molecule has 0 radical (unpaired) electrons. The molecule has 100 valence electrons. The lowest BCUT2D eigenvalue weighted by molar-refractivity contribution is 0.555. The van der Waals surface area contributed by atoms with Gasteiger partial charge in [-0.25, -0.2) is 8.78 Å². The first-order valence-electron chi connectivity index (χ1n) is 5.30. The Labute approximate surface area is 134 Å². The van der Waals surface area contributed by atoms with E-state index in [-0.39, 0.29) is 16.6 Å². The molecule has 2 aromatic carbocycles. The molecule has 0 amide bonds. The van der Waals surface area contributed by atoms with Gasteiger partial charge in [0, 0.05) is 26.7 Å². The van der Waals surface area contributed by atoms with E-state index in [9.17, 15) is 8.78 Å². The van der Waals surface area contributed by atoms with Crippen LogP contribution in [0.25, 0.3) is 0 Å². The third-order valence-corrected chi connectivity index (χ3v) is 4.29. The van der Waals surface area contributed by atoms with Crippen LogP contribution in [0, 0.1) is 11.6 Å². The Bertz CT molecular complexity index is 617. The van der Waals surface area contributed by atoms with Gasteiger partial charge in [0.05, 0.1) is 4.47 Å². The zero-order chi connectivity index (χ0) is 14.0. The van der Waals surface area contributed by atoms with E-state index in [1.165, 1.54) is 12.1 Å². The fourth-order valence-corrected chi connectivity index (χ4v) is 3.11. The lowest BCUT2D eigenvalue weighted by Crippen LogP contribution is -2.05. The number of rotatable bonds is 3. The molecule has 0 heterocycles. The molecule has 19 heavy (non-hydrogen) atoms. The smallest absolute Gasteiger partial charge is 0.145 e. The third kappa shape index (κ3) is 3.55. The topological polar surface area (TPSA) is 12.0 Å². The molecule has 0 spiro atoms. The zero-order valence-electron chi connectivity index (χ0n) is 9.48. The van der Waals surface area contributed by atoms with Crippen LogP contribution in [0.15, 0.2) is 43.7 Å². The second-order valence-corrected chi connectivity index (χ2v) is 6.42. The number of halogens is 5. The van der Waals surface area contributed by atoms with Crippen molar-refractivity contribution >= 4 is 53.5 Å². The second-order valence-electron chi connectivity index (χ2n) is 3.80. The van der Waals surface area contributed by atoms with Crippen LogP contribution < -0.4 is 5.32 Å². The summed E-state index contributed by atoms with van der Waals surface area (Å²) in [5, 5.41) is 3.00. The van der Waals surface area contributed by atoms with Crippen molar-refractivity contribution in [3.05, 3.63) is 60.9 Å². The minimum absolute atomic E-state index is 0.00388. The van der Waals surface area contributed by atoms with E-state index < -0.39 is 11.6 Å². The van der Waals surface area contributed by atoms with Crippen molar-refractivity contribution in [1.82, 2.24) is 0 Å². The molecule has 0 fully saturated rings. The highest BCUT2D eigenvalue weighted by Crippen LogP contribution is 2.28. The maximum atomic E-state index is 13.8. The Morgan fingerprint density at radius 3 is 2.37 bits per heavy atom. The van der Waals surface area contributed by atoms with Crippen LogP contribution >= 0.6 is 47.8 Å². The summed E-state index contributed by atoms with van der Waals surface area (Å²) >= 11 is 9.77. The summed E-state index contributed by atoms with van der Waals surface area (Å²) in [5.74, 6) is -1.15. The summed E-state index contributed by atoms with van der Waals surface area (Å²) in [7, 11) is 0. The highest BCUT2D eigenvalue weighted by Gasteiger charge is 2.12. The maximum absolute atomic E-state index is 13.8. The average Bonchev–Trinajstić information content (AvgIpc) is 2.36. The molecule has 0 aliphatic heterocycles. The van der Waals surface area contributed by atoms with Gasteiger partial charge in [-0.2, -0.15) is 0 Å². The molecule has 2 rings (SSSR count). The number of anilines is 1. The number of hydrogen-bond donors (Lipinski definition) is 1. The second kappa shape index (κ2) is 6.33. The van der Waals surface area contributed by atoms with Crippen LogP contribution in [0.2, 0.25) is 0 Å². The zero-order valence-corrected chi connectivity index (χ0v) is 14.2. The molecular formula is C13H8Br3F2N. The predicted molar refractivity (Wildman–Crippen MR) is 83.2 cm³/mol. The fourth-order valence-electron chi connectivity index (χ4n) is 1.55. The van der Waals surface area contributed by atoms with Gasteiger partial charge < -0.3 is 5.32 Å². The lowest BCUT2D eigenvalue weighted by atomic mass is 10.2. The Hall–Kier alpha value is -0.460. The Morgan fingerprint density at radius 1 is 0.947 bits per heavy atom. The van der Waals surface area contributed by atoms with E-state index in [2.05, 4.69) is 53.1 Å². The van der Waals surface area contributed by atoms with Crippen molar-refractivity contribution in [3.8, 4) is 0 Å². The fraction of sp³-hybridized carbons (Fsp3) is 0.0769. The van der Waals surface area contributed by atoms with Crippen LogP contribution in [0.1, 0.15) is 5.56 Å². The van der Waals surface area contributed by atoms with Crippen molar-refractivity contribution in [2.45, 2.75) is 6.54 Å². The largest absolute Gasteiger partial charge is 0.380 e. The number of nitrogens with one attached hydrogen (secondary N) is 1. The van der Waals surface area contributed by atoms with Gasteiger partial charge in [-0.05, 0) is 62.2 Å². The molecule has 1 N–H and O–H groups in total. The molecule has 0 saturated carbocycles. The van der Waals surface area contributed by atoms with Gasteiger partial charge in [0.2, 0.25) is 0 Å². The van der Waals surface area contributed by atoms with Crippen molar-refractivity contribution in [2.75, 3.05) is 5.32 Å². The monoisotopic (exact) mass is 453 g/mol. The minimum atomic E-state index is -0.583. The highest BCUT2D eigenvalue weighted by atomic mass is 79.9. The highest BCUT2D eigenvalue weighted by molar-refractivity contribution is 9.11. The quantitative estimate of drug-likeness (QED) is 0.571. The molecule has 0 aromatic heterocycles. The van der Waals surface area contributed by atoms with E-state index in [0.717, 1.165) is 14.6 Å². The van der Waals surface area contributed by atoms with E-state index in [0.29, 0.717) is 0 Å². The Balaban J connectivity index is 2.21. The van der Waals surface area contributed by atoms with Gasteiger partial charge in [-0.15, -0.1) is 0 Å². The summed E-state index contributed by atoms with van der Waals surface area (Å²) in [6.07, 6.45) is 0. The minimum Gasteiger partial charge on any atom is -0.380 e. The van der Waals surface area contributed by atoms with Gasteiger partial charge in [0.15, 0.2) is 0 Å². The lowest BCUT2D eigenvalue weighted by Gasteiger charge is -2.11. The van der Waals surface area contributed by atoms with E-state index in [1.807, 2.05) is 18.2 Å². The average molecular weight is 456 g/mol. The molecule has 0 unspecified atom stereocenters. The van der Waals surface area contributed by atoms with Crippen LogP contribution in [0.4, 0.5) is 14.5 Å². The summed E-state index contributed by atoms with van der Waals surface area (Å²) < 4.78 is 29.4. The summed E-state index contributed by atoms with van der Waals surface area (Å²) in [4.78, 5) is 0. The van der Waals surface area contributed by atoms with Gasteiger partial charge >= 0.3 is 0 Å². The molecule has 0 aliphatic carbocycles. The molecule has 0 bridgehead atoms. The van der Waals surface area contributed by atoms with Crippen LogP contribution in [0.5, 0.6) is 0 Å². The van der Waals surface area contributed by atoms with Gasteiger partial charge in [-0.1, -0.05) is 15.9 Å². The van der Waals surface area contributed by atoms with Crippen LogP contribution in [-0.4, -0.2) is 0 Å². The molecule has 1 nitrogen and oxygen atoms in total. The maximum Gasteiger partial charge on any atom is 0.145 e. The Morgan fingerprint density at radius 2 is 1.68 bits per heavy atom. The molecule has 0 saturated heterocycles. The number of benzene rings is 2. The van der Waals surface area contributed by atoms with E-state index >= 15 is 0 Å². The SMILES string of the molecule is Fc1ccc(Br)c(F)c1CNc1ccc(Br)cc1Br. The van der Waals surface area contributed by atoms with Crippen molar-refractivity contribution in [1.29, 1.82) is 0 Å². The third-order valence-electron chi connectivity index (χ3n) is 2.53. The first kappa shape index (κ1) is 14.9. The first-order valence-corrected chi connectivity index (χ1v) is 7.68. The summed E-state index contributed by atoms with van der Waals surface area (Å²) in [6, 6.07) is 8.11. The van der Waals surface area contributed by atoms with Gasteiger partial charge in [-0.3, -0.25) is 0 Å².